The van der Waals surface area contributed by atoms with Gasteiger partial charge in [-0.15, -0.1) is 0 Å². The molecule has 0 aliphatic carbocycles. The minimum absolute atomic E-state index is 0.299. The van der Waals surface area contributed by atoms with Crippen LogP contribution < -0.4 is 0 Å². The molecule has 0 saturated carbocycles. The Labute approximate surface area is 137 Å². The quantitative estimate of drug-likeness (QED) is 0.596. The first-order valence-electron chi connectivity index (χ1n) is 7.28. The maximum atomic E-state index is 5.92. The van der Waals surface area contributed by atoms with Gasteiger partial charge >= 0.3 is 0 Å². The van der Waals surface area contributed by atoms with Crippen molar-refractivity contribution < 1.29 is 9.05 Å². The third-order valence-electron chi connectivity index (χ3n) is 2.55. The van der Waals surface area contributed by atoms with Gasteiger partial charge in [-0.2, -0.15) is 0 Å². The summed E-state index contributed by atoms with van der Waals surface area (Å²) in [6, 6.07) is 1.95. The Morgan fingerprint density at radius 1 is 1.29 bits per heavy atom. The van der Waals surface area contributed by atoms with E-state index < -0.39 is 5.69 Å². The molecule has 0 spiro atoms. The van der Waals surface area contributed by atoms with Crippen LogP contribution in [0.25, 0.3) is 0 Å². The molecule has 0 amide bonds. The van der Waals surface area contributed by atoms with Crippen molar-refractivity contribution in [3.8, 4) is 0 Å². The van der Waals surface area contributed by atoms with Crippen LogP contribution >= 0.6 is 17.1 Å². The number of nitrogens with zero attached hydrogens (tertiary/aromatic N) is 2. The molecule has 0 saturated heterocycles. The summed E-state index contributed by atoms with van der Waals surface area (Å²) in [7, 11) is 0. The Morgan fingerprint density at radius 2 is 2.00 bits per heavy atom. The van der Waals surface area contributed by atoms with E-state index in [-0.39, 0.29) is 0 Å². The molecule has 0 N–H and O–H groups in total. The van der Waals surface area contributed by atoms with Gasteiger partial charge in [-0.05, 0) is 38.1 Å². The van der Waals surface area contributed by atoms with Crippen molar-refractivity contribution in [1.29, 1.82) is 0 Å². The monoisotopic (exact) mass is 348 g/mol. The van der Waals surface area contributed by atoms with Gasteiger partial charge in [0.25, 0.3) is 0 Å². The van der Waals surface area contributed by atoms with Gasteiger partial charge < -0.3 is 9.05 Å². The Hall–Kier alpha value is -0.000000000000000111. The van der Waals surface area contributed by atoms with Gasteiger partial charge in [0.05, 0.1) is 18.9 Å². The van der Waals surface area contributed by atoms with Crippen LogP contribution in [0.2, 0.25) is 0 Å². The lowest BCUT2D eigenvalue weighted by molar-refractivity contribution is 0.258. The number of hydrogen-bond donors (Lipinski definition) is 0. The molecule has 120 valence electrons. The second kappa shape index (κ2) is 9.21. The molecule has 1 atom stereocenters. The van der Waals surface area contributed by atoms with Crippen molar-refractivity contribution in [3.05, 3.63) is 23.3 Å². The third-order valence-corrected chi connectivity index (χ3v) is 8.19. The van der Waals surface area contributed by atoms with Crippen molar-refractivity contribution in [2.45, 2.75) is 53.6 Å². The normalized spacial score (nSPS) is 14.4. The zero-order chi connectivity index (χ0) is 15.9. The number of aryl methyl sites for hydroxylation is 1. The fraction of sp³-hybridized carbons (Fsp3) is 0.714. The highest BCUT2D eigenvalue weighted by atomic mass is 32.9. The van der Waals surface area contributed by atoms with Crippen LogP contribution in [-0.2, 0) is 27.5 Å². The van der Waals surface area contributed by atoms with Crippen molar-refractivity contribution in [3.63, 3.8) is 0 Å². The van der Waals surface area contributed by atoms with Crippen LogP contribution in [0.1, 0.15) is 57.2 Å². The Bertz CT molecular complexity index is 498. The standard InChI is InChI=1S/C14H25N2O2PS2/c1-6-8-21-19(20,17-7-2)18-10-13-9-12(5)15-14(16-13)11(3)4/h9,11H,6-8,10H2,1-5H3/t19-/m0/s1. The van der Waals surface area contributed by atoms with Crippen LogP contribution in [-0.4, -0.2) is 22.3 Å². The molecular formula is C14H25N2O2PS2. The van der Waals surface area contributed by atoms with E-state index in [0.29, 0.717) is 19.1 Å². The van der Waals surface area contributed by atoms with E-state index in [9.17, 15) is 0 Å². The Kier molecular flexibility index (Phi) is 8.35. The highest BCUT2D eigenvalue weighted by Gasteiger charge is 2.19. The molecule has 0 bridgehead atoms. The first kappa shape index (κ1) is 19.0. The molecule has 0 aliphatic rings. The maximum absolute atomic E-state index is 5.92. The average molecular weight is 348 g/mol. The first-order chi connectivity index (χ1) is 9.90. The Balaban J connectivity index is 2.77. The second-order valence-corrected chi connectivity index (χ2v) is 11.4. The van der Waals surface area contributed by atoms with Crippen LogP contribution in [0.5, 0.6) is 0 Å². The van der Waals surface area contributed by atoms with Crippen LogP contribution in [0, 0.1) is 6.92 Å². The zero-order valence-electron chi connectivity index (χ0n) is 13.5. The fourth-order valence-corrected chi connectivity index (χ4v) is 6.13. The minimum Gasteiger partial charge on any atom is -0.322 e. The number of aromatic nitrogens is 2. The smallest absolute Gasteiger partial charge is 0.247 e. The van der Waals surface area contributed by atoms with Gasteiger partial charge in [-0.1, -0.05) is 32.2 Å². The van der Waals surface area contributed by atoms with Gasteiger partial charge in [-0.25, -0.2) is 9.97 Å². The topological polar surface area (TPSA) is 44.2 Å². The summed E-state index contributed by atoms with van der Waals surface area (Å²) >= 11 is 7.19. The Morgan fingerprint density at radius 3 is 2.57 bits per heavy atom. The SMILES string of the molecule is CCCS[P@@](=S)(OCC)OCc1cc(C)nc(C(C)C)n1. The van der Waals surface area contributed by atoms with Crippen LogP contribution in [0.15, 0.2) is 6.07 Å². The van der Waals surface area contributed by atoms with Gasteiger partial charge in [-0.3, -0.25) is 0 Å². The van der Waals surface area contributed by atoms with Crippen molar-refractivity contribution in [1.82, 2.24) is 9.97 Å². The van der Waals surface area contributed by atoms with Crippen molar-refractivity contribution in [2.24, 2.45) is 0 Å². The molecule has 21 heavy (non-hydrogen) atoms. The van der Waals surface area contributed by atoms with E-state index >= 15 is 0 Å². The molecule has 4 nitrogen and oxygen atoms in total. The van der Waals surface area contributed by atoms with E-state index in [1.807, 2.05) is 19.9 Å². The minimum atomic E-state index is -2.27. The lowest BCUT2D eigenvalue weighted by atomic mass is 10.2. The highest BCUT2D eigenvalue weighted by molar-refractivity contribution is 8.67. The van der Waals surface area contributed by atoms with E-state index in [1.165, 1.54) is 0 Å². The predicted octanol–water partition coefficient (Wildman–Crippen LogP) is 4.83. The van der Waals surface area contributed by atoms with Gasteiger partial charge in [0.15, 0.2) is 0 Å². The van der Waals surface area contributed by atoms with E-state index in [2.05, 4.69) is 30.7 Å². The molecule has 1 rings (SSSR count). The highest BCUT2D eigenvalue weighted by Crippen LogP contribution is 2.61. The van der Waals surface area contributed by atoms with Crippen LogP contribution in [0.4, 0.5) is 0 Å². The van der Waals surface area contributed by atoms with Crippen molar-refractivity contribution >= 4 is 28.9 Å². The van der Waals surface area contributed by atoms with Gasteiger partial charge in [0.2, 0.25) is 5.69 Å². The summed E-state index contributed by atoms with van der Waals surface area (Å²) in [5.74, 6) is 2.10. The second-order valence-electron chi connectivity index (χ2n) is 4.99. The summed E-state index contributed by atoms with van der Waals surface area (Å²) < 4.78 is 11.6. The lowest BCUT2D eigenvalue weighted by Crippen LogP contribution is -2.04. The van der Waals surface area contributed by atoms with E-state index in [4.69, 9.17) is 20.9 Å². The molecule has 0 fully saturated rings. The van der Waals surface area contributed by atoms with Crippen molar-refractivity contribution in [2.75, 3.05) is 12.4 Å². The third kappa shape index (κ3) is 6.74. The summed E-state index contributed by atoms with van der Waals surface area (Å²) in [5.41, 5.74) is -0.437. The van der Waals surface area contributed by atoms with Gasteiger partial charge in [0, 0.05) is 17.4 Å². The zero-order valence-corrected chi connectivity index (χ0v) is 16.0. The molecule has 0 aromatic carbocycles. The largest absolute Gasteiger partial charge is 0.322 e. The number of rotatable bonds is 9. The molecule has 1 aromatic rings. The molecule has 0 radical (unpaired) electrons. The lowest BCUT2D eigenvalue weighted by Gasteiger charge is -2.20. The summed E-state index contributed by atoms with van der Waals surface area (Å²) in [4.78, 5) is 8.99. The average Bonchev–Trinajstić information content (AvgIpc) is 2.43. The summed E-state index contributed by atoms with van der Waals surface area (Å²) in [5, 5.41) is 0. The molecule has 1 heterocycles. The van der Waals surface area contributed by atoms with E-state index in [0.717, 1.165) is 29.4 Å². The molecule has 0 aliphatic heterocycles. The predicted molar refractivity (Wildman–Crippen MR) is 94.3 cm³/mol. The molecule has 0 unspecified atom stereocenters. The van der Waals surface area contributed by atoms with Gasteiger partial charge in [0.1, 0.15) is 5.82 Å². The maximum Gasteiger partial charge on any atom is 0.247 e. The fourth-order valence-electron chi connectivity index (χ4n) is 1.61. The molecule has 1 aromatic heterocycles. The molecule has 7 heteroatoms. The van der Waals surface area contributed by atoms with Crippen LogP contribution in [0.3, 0.4) is 0 Å². The molecular weight excluding hydrogens is 323 g/mol. The first-order valence-corrected chi connectivity index (χ1v) is 11.5. The summed E-state index contributed by atoms with van der Waals surface area (Å²) in [6.07, 6.45) is 1.06. The van der Waals surface area contributed by atoms with E-state index in [1.54, 1.807) is 11.4 Å². The number of hydrogen-bond acceptors (Lipinski definition) is 6. The summed E-state index contributed by atoms with van der Waals surface area (Å²) in [6.45, 7) is 11.2.